The first-order chi connectivity index (χ1) is 5.54. The van der Waals surface area contributed by atoms with Crippen LogP contribution in [0, 0.1) is 11.3 Å². The van der Waals surface area contributed by atoms with E-state index in [0.29, 0.717) is 5.41 Å². The molecular weight excluding hydrogens is 146 g/mol. The Hall–Kier alpha value is -0.0400. The number of hydrogen-bond donors (Lipinski definition) is 1. The molecule has 1 unspecified atom stereocenters. The zero-order valence-corrected chi connectivity index (χ0v) is 9.41. The molecule has 0 aliphatic rings. The van der Waals surface area contributed by atoms with E-state index in [1.165, 1.54) is 19.3 Å². The van der Waals surface area contributed by atoms with E-state index in [-0.39, 0.29) is 0 Å². The largest absolute Gasteiger partial charge is 0.319 e. The van der Waals surface area contributed by atoms with Gasteiger partial charge in [0.25, 0.3) is 0 Å². The van der Waals surface area contributed by atoms with Crippen molar-refractivity contribution >= 4 is 0 Å². The van der Waals surface area contributed by atoms with Gasteiger partial charge in [-0.2, -0.15) is 0 Å². The van der Waals surface area contributed by atoms with E-state index in [1.54, 1.807) is 0 Å². The Balaban J connectivity index is 3.98. The van der Waals surface area contributed by atoms with Crippen LogP contribution in [0.1, 0.15) is 47.0 Å². The molecule has 0 bridgehead atoms. The average molecular weight is 171 g/mol. The summed E-state index contributed by atoms with van der Waals surface area (Å²) >= 11 is 0. The van der Waals surface area contributed by atoms with E-state index in [0.717, 1.165) is 12.5 Å². The van der Waals surface area contributed by atoms with Gasteiger partial charge in [0.05, 0.1) is 0 Å². The van der Waals surface area contributed by atoms with Crippen molar-refractivity contribution in [2.75, 3.05) is 13.6 Å². The zero-order chi connectivity index (χ0) is 9.61. The highest BCUT2D eigenvalue weighted by atomic mass is 14.8. The summed E-state index contributed by atoms with van der Waals surface area (Å²) in [7, 11) is 2.05. The third kappa shape index (κ3) is 4.76. The molecule has 0 aromatic rings. The van der Waals surface area contributed by atoms with Crippen molar-refractivity contribution in [3.05, 3.63) is 0 Å². The van der Waals surface area contributed by atoms with Crippen molar-refractivity contribution < 1.29 is 0 Å². The Kier molecular flexibility index (Phi) is 5.56. The maximum absolute atomic E-state index is 3.30. The van der Waals surface area contributed by atoms with Gasteiger partial charge in [-0.1, -0.05) is 34.1 Å². The van der Waals surface area contributed by atoms with Gasteiger partial charge < -0.3 is 5.32 Å². The predicted molar refractivity (Wildman–Crippen MR) is 56.4 cm³/mol. The Bertz CT molecular complexity index is 102. The molecule has 1 N–H and O–H groups in total. The van der Waals surface area contributed by atoms with Crippen molar-refractivity contribution in [1.29, 1.82) is 0 Å². The molecule has 0 amide bonds. The predicted octanol–water partition coefficient (Wildman–Crippen LogP) is 3.06. The molecule has 0 heterocycles. The van der Waals surface area contributed by atoms with E-state index in [9.17, 15) is 0 Å². The molecule has 1 heteroatoms. The van der Waals surface area contributed by atoms with Gasteiger partial charge in [-0.25, -0.2) is 0 Å². The SMILES string of the molecule is CCCC(C)(CNC)CC(C)C. The highest BCUT2D eigenvalue weighted by molar-refractivity contribution is 4.76. The van der Waals surface area contributed by atoms with Gasteiger partial charge in [-0.3, -0.25) is 0 Å². The van der Waals surface area contributed by atoms with Crippen molar-refractivity contribution in [3.63, 3.8) is 0 Å². The Labute approximate surface area is 77.9 Å². The van der Waals surface area contributed by atoms with E-state index < -0.39 is 0 Å². The van der Waals surface area contributed by atoms with Crippen molar-refractivity contribution in [2.45, 2.75) is 47.0 Å². The summed E-state index contributed by atoms with van der Waals surface area (Å²) in [5, 5.41) is 3.30. The second kappa shape index (κ2) is 5.58. The molecule has 1 atom stereocenters. The Morgan fingerprint density at radius 1 is 1.33 bits per heavy atom. The van der Waals surface area contributed by atoms with Crippen LogP contribution in [0.5, 0.6) is 0 Å². The highest BCUT2D eigenvalue weighted by Gasteiger charge is 2.23. The second-order valence-corrected chi connectivity index (χ2v) is 4.69. The lowest BCUT2D eigenvalue weighted by molar-refractivity contribution is 0.229. The van der Waals surface area contributed by atoms with Crippen LogP contribution < -0.4 is 5.32 Å². The Morgan fingerprint density at radius 3 is 2.25 bits per heavy atom. The molecule has 0 aliphatic carbocycles. The van der Waals surface area contributed by atoms with E-state index in [2.05, 4.69) is 33.0 Å². The molecule has 1 nitrogen and oxygen atoms in total. The van der Waals surface area contributed by atoms with Crippen molar-refractivity contribution in [3.8, 4) is 0 Å². The maximum Gasteiger partial charge on any atom is 0.000225 e. The van der Waals surface area contributed by atoms with Crippen LogP contribution in [0.3, 0.4) is 0 Å². The molecule has 0 spiro atoms. The summed E-state index contributed by atoms with van der Waals surface area (Å²) in [6, 6.07) is 0. The minimum Gasteiger partial charge on any atom is -0.319 e. The summed E-state index contributed by atoms with van der Waals surface area (Å²) in [4.78, 5) is 0. The van der Waals surface area contributed by atoms with Gasteiger partial charge in [0.1, 0.15) is 0 Å². The molecule has 0 saturated heterocycles. The van der Waals surface area contributed by atoms with Gasteiger partial charge in [-0.15, -0.1) is 0 Å². The summed E-state index contributed by atoms with van der Waals surface area (Å²) in [6.07, 6.45) is 3.97. The smallest absolute Gasteiger partial charge is 0.000225 e. The van der Waals surface area contributed by atoms with E-state index >= 15 is 0 Å². The maximum atomic E-state index is 3.30. The molecule has 0 rings (SSSR count). The highest BCUT2D eigenvalue weighted by Crippen LogP contribution is 2.30. The first-order valence-corrected chi connectivity index (χ1v) is 5.18. The summed E-state index contributed by atoms with van der Waals surface area (Å²) in [6.45, 7) is 10.4. The lowest BCUT2D eigenvalue weighted by Gasteiger charge is -2.30. The monoisotopic (exact) mass is 171 g/mol. The second-order valence-electron chi connectivity index (χ2n) is 4.69. The summed E-state index contributed by atoms with van der Waals surface area (Å²) in [5.41, 5.74) is 0.512. The van der Waals surface area contributed by atoms with Crippen LogP contribution in [-0.4, -0.2) is 13.6 Å². The fraction of sp³-hybridized carbons (Fsp3) is 1.00. The minimum atomic E-state index is 0.512. The average Bonchev–Trinajstić information content (AvgIpc) is 1.85. The molecular formula is C11H25N. The van der Waals surface area contributed by atoms with Crippen LogP contribution in [0.25, 0.3) is 0 Å². The van der Waals surface area contributed by atoms with Gasteiger partial charge in [0.2, 0.25) is 0 Å². The zero-order valence-electron chi connectivity index (χ0n) is 9.41. The third-order valence-electron chi connectivity index (χ3n) is 2.36. The molecule has 0 radical (unpaired) electrons. The van der Waals surface area contributed by atoms with E-state index in [1.807, 2.05) is 7.05 Å². The third-order valence-corrected chi connectivity index (χ3v) is 2.36. The normalized spacial score (nSPS) is 16.5. The standard InChI is InChI=1S/C11H25N/c1-6-7-11(4,9-12-5)8-10(2)3/h10,12H,6-9H2,1-5H3. The molecule has 0 aliphatic heterocycles. The fourth-order valence-corrected chi connectivity index (χ4v) is 2.28. The van der Waals surface area contributed by atoms with E-state index in [4.69, 9.17) is 0 Å². The summed E-state index contributed by atoms with van der Waals surface area (Å²) < 4.78 is 0. The first-order valence-electron chi connectivity index (χ1n) is 5.18. The number of rotatable bonds is 6. The quantitative estimate of drug-likeness (QED) is 0.647. The fourth-order valence-electron chi connectivity index (χ4n) is 2.28. The van der Waals surface area contributed by atoms with Crippen molar-refractivity contribution in [2.24, 2.45) is 11.3 Å². The lowest BCUT2D eigenvalue weighted by Crippen LogP contribution is -2.30. The van der Waals surface area contributed by atoms with Gasteiger partial charge in [0, 0.05) is 6.54 Å². The van der Waals surface area contributed by atoms with Crippen LogP contribution in [0.15, 0.2) is 0 Å². The lowest BCUT2D eigenvalue weighted by atomic mass is 9.78. The topological polar surface area (TPSA) is 12.0 Å². The number of nitrogens with one attached hydrogen (secondary N) is 1. The van der Waals surface area contributed by atoms with Crippen LogP contribution in [0.2, 0.25) is 0 Å². The number of hydrogen-bond acceptors (Lipinski definition) is 1. The molecule has 0 aromatic heterocycles. The Morgan fingerprint density at radius 2 is 1.92 bits per heavy atom. The molecule has 74 valence electrons. The molecule has 0 saturated carbocycles. The van der Waals surface area contributed by atoms with Crippen molar-refractivity contribution in [1.82, 2.24) is 5.32 Å². The first kappa shape index (κ1) is 12.0. The van der Waals surface area contributed by atoms with Gasteiger partial charge in [-0.05, 0) is 31.2 Å². The molecule has 12 heavy (non-hydrogen) atoms. The van der Waals surface area contributed by atoms with Crippen LogP contribution in [-0.2, 0) is 0 Å². The van der Waals surface area contributed by atoms with Crippen LogP contribution in [0.4, 0.5) is 0 Å². The molecule has 0 fully saturated rings. The van der Waals surface area contributed by atoms with Gasteiger partial charge >= 0.3 is 0 Å². The van der Waals surface area contributed by atoms with Gasteiger partial charge in [0.15, 0.2) is 0 Å². The minimum absolute atomic E-state index is 0.512. The molecule has 0 aromatic carbocycles. The van der Waals surface area contributed by atoms with Crippen LogP contribution >= 0.6 is 0 Å². The summed E-state index contributed by atoms with van der Waals surface area (Å²) in [5.74, 6) is 0.815.